The minimum absolute atomic E-state index is 0.0651. The van der Waals surface area contributed by atoms with Crippen molar-refractivity contribution in [2.75, 3.05) is 24.4 Å². The van der Waals surface area contributed by atoms with E-state index in [0.29, 0.717) is 23.1 Å². The lowest BCUT2D eigenvalue weighted by Gasteiger charge is -2.31. The zero-order valence-electron chi connectivity index (χ0n) is 21.4. The number of carbonyl (C=O) groups excluding carboxylic acids is 1. The Kier molecular flexibility index (Phi) is 8.48. The summed E-state index contributed by atoms with van der Waals surface area (Å²) in [5.41, 5.74) is 4.18. The number of aromatic amines is 1. The summed E-state index contributed by atoms with van der Waals surface area (Å²) >= 11 is 1.32. The highest BCUT2D eigenvalue weighted by Gasteiger charge is 2.27. The Balaban J connectivity index is 1.51. The van der Waals surface area contributed by atoms with Crippen LogP contribution in [0.1, 0.15) is 48.2 Å². The van der Waals surface area contributed by atoms with Gasteiger partial charge in [-0.1, -0.05) is 38.1 Å². The first-order valence-electron chi connectivity index (χ1n) is 12.5. The number of nitrogens with one attached hydrogen (secondary N) is 3. The van der Waals surface area contributed by atoms with Gasteiger partial charge in [0.05, 0.1) is 5.69 Å². The first-order valence-corrected chi connectivity index (χ1v) is 13.4. The second-order valence-corrected chi connectivity index (χ2v) is 10.7. The van der Waals surface area contributed by atoms with E-state index >= 15 is 0 Å². The van der Waals surface area contributed by atoms with Crippen molar-refractivity contribution in [1.82, 2.24) is 20.2 Å². The number of aromatic nitrogens is 2. The maximum Gasteiger partial charge on any atom is 0.254 e. The zero-order chi connectivity index (χ0) is 25.7. The zero-order valence-corrected chi connectivity index (χ0v) is 22.2. The average Bonchev–Trinajstić information content (AvgIpc) is 3.07. The number of rotatable bonds is 7. The number of aryl methyl sites for hydroxylation is 2. The molecule has 190 valence electrons. The smallest absolute Gasteiger partial charge is 0.254 e. The molecule has 2 heterocycles. The van der Waals surface area contributed by atoms with E-state index in [0.717, 1.165) is 54.1 Å². The van der Waals surface area contributed by atoms with Crippen LogP contribution in [0.4, 0.5) is 5.95 Å². The monoisotopic (exact) mass is 505 g/mol. The van der Waals surface area contributed by atoms with Crippen LogP contribution < -0.4 is 15.6 Å². The molecule has 1 aromatic heterocycles. The molecular weight excluding hydrogens is 470 g/mol. The minimum Gasteiger partial charge on any atom is -0.334 e. The normalized spacial score (nSPS) is 16.1. The maximum absolute atomic E-state index is 13.5. The van der Waals surface area contributed by atoms with E-state index in [-0.39, 0.29) is 17.5 Å². The second-order valence-electron chi connectivity index (χ2n) is 9.82. The molecular formula is C28H35N5O2S. The van der Waals surface area contributed by atoms with Crippen LogP contribution in [0.2, 0.25) is 0 Å². The van der Waals surface area contributed by atoms with E-state index in [2.05, 4.69) is 33.9 Å². The van der Waals surface area contributed by atoms with Gasteiger partial charge >= 0.3 is 0 Å². The van der Waals surface area contributed by atoms with Crippen molar-refractivity contribution in [1.29, 1.82) is 0 Å². The van der Waals surface area contributed by atoms with Gasteiger partial charge in [0.2, 0.25) is 5.95 Å². The van der Waals surface area contributed by atoms with Crippen LogP contribution in [0, 0.1) is 19.8 Å². The van der Waals surface area contributed by atoms with Crippen LogP contribution in [0.3, 0.4) is 0 Å². The third-order valence-corrected chi connectivity index (χ3v) is 7.19. The number of amides is 1. The highest BCUT2D eigenvalue weighted by molar-refractivity contribution is 8.00. The first kappa shape index (κ1) is 26.0. The number of hydrogen-bond acceptors (Lipinski definition) is 6. The van der Waals surface area contributed by atoms with Crippen LogP contribution in [-0.4, -0.2) is 46.5 Å². The van der Waals surface area contributed by atoms with Gasteiger partial charge in [-0.2, -0.15) is 0 Å². The lowest BCUT2D eigenvalue weighted by atomic mass is 10.00. The largest absolute Gasteiger partial charge is 0.334 e. The van der Waals surface area contributed by atoms with Gasteiger partial charge in [0.25, 0.3) is 11.5 Å². The molecule has 4 rings (SSSR count). The lowest BCUT2D eigenvalue weighted by molar-refractivity contribution is 0.0673. The lowest BCUT2D eigenvalue weighted by Crippen LogP contribution is -2.44. The third kappa shape index (κ3) is 6.36. The average molecular weight is 506 g/mol. The molecule has 7 nitrogen and oxygen atoms in total. The molecule has 1 aliphatic heterocycles. The Bertz CT molecular complexity index is 1250. The number of anilines is 1. The molecule has 3 aromatic rings. The van der Waals surface area contributed by atoms with Crippen LogP contribution in [-0.2, 0) is 0 Å². The summed E-state index contributed by atoms with van der Waals surface area (Å²) in [6, 6.07) is 15.4. The van der Waals surface area contributed by atoms with Gasteiger partial charge in [0.15, 0.2) is 0 Å². The molecule has 0 bridgehead atoms. The van der Waals surface area contributed by atoms with Crippen molar-refractivity contribution in [3.8, 4) is 11.3 Å². The summed E-state index contributed by atoms with van der Waals surface area (Å²) in [4.78, 5) is 36.2. The molecule has 1 unspecified atom stereocenters. The molecule has 0 aliphatic carbocycles. The summed E-state index contributed by atoms with van der Waals surface area (Å²) in [7, 11) is 0. The number of nitrogens with zero attached hydrogens (tertiary/aromatic N) is 2. The molecule has 0 spiro atoms. The van der Waals surface area contributed by atoms with Crippen molar-refractivity contribution >= 4 is 23.8 Å². The van der Waals surface area contributed by atoms with E-state index in [9.17, 15) is 9.59 Å². The fourth-order valence-corrected chi connectivity index (χ4v) is 5.42. The Morgan fingerprint density at radius 2 is 1.92 bits per heavy atom. The van der Waals surface area contributed by atoms with Crippen molar-refractivity contribution in [3.05, 3.63) is 75.6 Å². The molecule has 1 atom stereocenters. The summed E-state index contributed by atoms with van der Waals surface area (Å²) in [6.07, 6.45) is 1.93. The van der Waals surface area contributed by atoms with Crippen LogP contribution in [0.15, 0.2) is 58.2 Å². The topological polar surface area (TPSA) is 90.1 Å². The Morgan fingerprint density at radius 3 is 2.67 bits per heavy atom. The van der Waals surface area contributed by atoms with Gasteiger partial charge in [-0.3, -0.25) is 19.3 Å². The summed E-state index contributed by atoms with van der Waals surface area (Å²) in [6.45, 7) is 11.0. The molecule has 2 aromatic carbocycles. The summed E-state index contributed by atoms with van der Waals surface area (Å²) in [5, 5.41) is 3.47. The van der Waals surface area contributed by atoms with E-state index in [4.69, 9.17) is 0 Å². The first-order chi connectivity index (χ1) is 17.3. The molecule has 1 amide bonds. The van der Waals surface area contributed by atoms with Gasteiger partial charge in [-0.25, -0.2) is 4.98 Å². The molecule has 36 heavy (non-hydrogen) atoms. The van der Waals surface area contributed by atoms with E-state index in [1.165, 1.54) is 18.0 Å². The summed E-state index contributed by atoms with van der Waals surface area (Å²) < 4.78 is 3.16. The predicted octanol–water partition coefficient (Wildman–Crippen LogP) is 5.02. The molecule has 0 radical (unpaired) electrons. The molecule has 1 fully saturated rings. The van der Waals surface area contributed by atoms with E-state index < -0.39 is 0 Å². The summed E-state index contributed by atoms with van der Waals surface area (Å²) in [5.74, 6) is 0.956. The Hall–Kier alpha value is -3.10. The molecule has 8 heteroatoms. The Labute approximate surface area is 217 Å². The fourth-order valence-electron chi connectivity index (χ4n) is 4.78. The second kappa shape index (κ2) is 11.8. The molecule has 3 N–H and O–H groups in total. The molecule has 0 saturated carbocycles. The van der Waals surface area contributed by atoms with Crippen molar-refractivity contribution in [2.24, 2.45) is 5.92 Å². The number of H-pyrrole nitrogens is 1. The van der Waals surface area contributed by atoms with Crippen LogP contribution in [0.25, 0.3) is 11.3 Å². The molecule has 1 aliphatic rings. The molecule has 1 saturated heterocycles. The standard InChI is InChI=1S/C28H35N5O2S/c1-18(2)14-22-17-29-12-7-13-33(22)27(35)21-10-6-11-23(15-21)36-32-28-30-24(16-25(34)31-28)26-19(3)8-5-9-20(26)4/h5-6,8-11,15-16,18,22,29H,7,12-14,17H2,1-4H3,(H2,30,31,32,34). The van der Waals surface area contributed by atoms with Crippen molar-refractivity contribution in [3.63, 3.8) is 0 Å². The SMILES string of the molecule is Cc1cccc(C)c1-c1cc(=O)[nH]c(NSc2cccc(C(=O)N3CCCNCC3CC(C)C)c2)n1. The highest BCUT2D eigenvalue weighted by Crippen LogP contribution is 2.27. The van der Waals surface area contributed by atoms with Gasteiger partial charge in [-0.15, -0.1) is 0 Å². The number of benzene rings is 2. The van der Waals surface area contributed by atoms with Gasteiger partial charge in [0, 0.05) is 41.2 Å². The van der Waals surface area contributed by atoms with E-state index in [1.54, 1.807) is 0 Å². The predicted molar refractivity (Wildman–Crippen MR) is 147 cm³/mol. The number of carbonyl (C=O) groups is 1. The minimum atomic E-state index is -0.222. The van der Waals surface area contributed by atoms with E-state index in [1.807, 2.05) is 61.2 Å². The van der Waals surface area contributed by atoms with Crippen molar-refractivity contribution in [2.45, 2.75) is 51.5 Å². The third-order valence-electron chi connectivity index (χ3n) is 6.40. The van der Waals surface area contributed by atoms with Gasteiger partial charge < -0.3 is 10.2 Å². The van der Waals surface area contributed by atoms with Crippen LogP contribution >= 0.6 is 11.9 Å². The highest BCUT2D eigenvalue weighted by atomic mass is 32.2. The number of hydrogen-bond donors (Lipinski definition) is 3. The van der Waals surface area contributed by atoms with Gasteiger partial charge in [-0.05, 0) is 80.4 Å². The van der Waals surface area contributed by atoms with Gasteiger partial charge in [0.1, 0.15) is 0 Å². The maximum atomic E-state index is 13.5. The van der Waals surface area contributed by atoms with Crippen molar-refractivity contribution < 1.29 is 4.79 Å². The fraction of sp³-hybridized carbons (Fsp3) is 0.393. The van der Waals surface area contributed by atoms with Crippen LogP contribution in [0.5, 0.6) is 0 Å². The quantitative estimate of drug-likeness (QED) is 0.391. The Morgan fingerprint density at radius 1 is 1.17 bits per heavy atom.